The molecule has 7 nitrogen and oxygen atoms in total. The van der Waals surface area contributed by atoms with Gasteiger partial charge in [-0.2, -0.15) is 0 Å². The number of nitrogens with one attached hydrogen (secondary N) is 2. The number of hydrogen-bond acceptors (Lipinski definition) is 7. The Morgan fingerprint density at radius 1 is 1.15 bits per heavy atom. The predicted octanol–water partition coefficient (Wildman–Crippen LogP) is 5.09. The Morgan fingerprint density at radius 3 is 2.68 bits per heavy atom. The molecule has 188 valence electrons. The van der Waals surface area contributed by atoms with Crippen molar-refractivity contribution in [1.82, 2.24) is 9.71 Å². The second kappa shape index (κ2) is 11.4. The van der Waals surface area contributed by atoms with E-state index in [4.69, 9.17) is 4.74 Å². The third-order valence-corrected chi connectivity index (χ3v) is 9.74. The SMILES string of the molecule is COc1ccc(-c2sc(NCCC3CCCCC3)nc2C)cc1S(=O)(=O)NC1CCCC(O)C1. The van der Waals surface area contributed by atoms with E-state index in [0.29, 0.717) is 12.2 Å². The quantitative estimate of drug-likeness (QED) is 0.437. The molecule has 1 aromatic heterocycles. The second-order valence-corrected chi connectivity index (χ2v) is 12.3. The number of sulfonamides is 1. The van der Waals surface area contributed by atoms with E-state index in [0.717, 1.165) is 53.0 Å². The Balaban J connectivity index is 1.49. The van der Waals surface area contributed by atoms with Crippen LogP contribution < -0.4 is 14.8 Å². The average Bonchev–Trinajstić information content (AvgIpc) is 3.19. The van der Waals surface area contributed by atoms with Crippen LogP contribution in [-0.4, -0.2) is 44.3 Å². The Bertz CT molecular complexity index is 1060. The molecule has 1 aromatic carbocycles. The van der Waals surface area contributed by atoms with Crippen molar-refractivity contribution in [3.63, 3.8) is 0 Å². The van der Waals surface area contributed by atoms with E-state index in [1.807, 2.05) is 13.0 Å². The summed E-state index contributed by atoms with van der Waals surface area (Å²) in [4.78, 5) is 5.76. The predicted molar refractivity (Wildman–Crippen MR) is 137 cm³/mol. The molecule has 2 aromatic rings. The van der Waals surface area contributed by atoms with E-state index in [2.05, 4.69) is 15.0 Å². The van der Waals surface area contributed by atoms with Gasteiger partial charge in [0.1, 0.15) is 10.6 Å². The molecule has 2 aliphatic rings. The highest BCUT2D eigenvalue weighted by Gasteiger charge is 2.28. The van der Waals surface area contributed by atoms with E-state index < -0.39 is 16.1 Å². The molecular formula is C25H37N3O4S2. The zero-order valence-electron chi connectivity index (χ0n) is 20.2. The van der Waals surface area contributed by atoms with Gasteiger partial charge in [0.2, 0.25) is 10.0 Å². The lowest BCUT2D eigenvalue weighted by molar-refractivity contribution is 0.117. The number of rotatable bonds is 9. The molecule has 2 aliphatic carbocycles. The Hall–Kier alpha value is -1.68. The molecule has 2 unspecified atom stereocenters. The number of benzene rings is 1. The fourth-order valence-electron chi connectivity index (χ4n) is 5.18. The van der Waals surface area contributed by atoms with Crippen LogP contribution in [0.5, 0.6) is 5.75 Å². The first-order valence-electron chi connectivity index (χ1n) is 12.5. The normalized spacial score (nSPS) is 22.0. The topological polar surface area (TPSA) is 101 Å². The molecule has 1 heterocycles. The summed E-state index contributed by atoms with van der Waals surface area (Å²) in [6, 6.07) is 4.99. The van der Waals surface area contributed by atoms with Crippen LogP contribution in [0, 0.1) is 12.8 Å². The summed E-state index contributed by atoms with van der Waals surface area (Å²) < 4.78 is 34.7. The van der Waals surface area contributed by atoms with Gasteiger partial charge in [-0.25, -0.2) is 18.1 Å². The van der Waals surface area contributed by atoms with Crippen molar-refractivity contribution in [2.24, 2.45) is 5.92 Å². The summed E-state index contributed by atoms with van der Waals surface area (Å²) in [5.74, 6) is 1.12. The van der Waals surface area contributed by atoms with E-state index in [1.54, 1.807) is 23.5 Å². The fraction of sp³-hybridized carbons (Fsp3) is 0.640. The smallest absolute Gasteiger partial charge is 0.244 e. The monoisotopic (exact) mass is 507 g/mol. The molecule has 0 spiro atoms. The van der Waals surface area contributed by atoms with Crippen molar-refractivity contribution in [2.75, 3.05) is 19.0 Å². The van der Waals surface area contributed by atoms with Gasteiger partial charge in [-0.05, 0) is 68.7 Å². The zero-order valence-corrected chi connectivity index (χ0v) is 21.8. The average molecular weight is 508 g/mol. The first kappa shape index (κ1) is 25.4. The van der Waals surface area contributed by atoms with Crippen LogP contribution in [0.2, 0.25) is 0 Å². The minimum Gasteiger partial charge on any atom is -0.495 e. The lowest BCUT2D eigenvalue weighted by Crippen LogP contribution is -2.39. The third-order valence-electron chi connectivity index (χ3n) is 7.03. The van der Waals surface area contributed by atoms with Crippen molar-refractivity contribution in [3.05, 3.63) is 23.9 Å². The van der Waals surface area contributed by atoms with E-state index in [1.165, 1.54) is 45.6 Å². The summed E-state index contributed by atoms with van der Waals surface area (Å²) >= 11 is 1.56. The van der Waals surface area contributed by atoms with Gasteiger partial charge in [-0.3, -0.25) is 0 Å². The Morgan fingerprint density at radius 2 is 1.94 bits per heavy atom. The molecule has 2 fully saturated rings. The lowest BCUT2D eigenvalue weighted by atomic mass is 9.87. The maximum absolute atomic E-state index is 13.3. The number of hydrogen-bond donors (Lipinski definition) is 3. The van der Waals surface area contributed by atoms with Crippen LogP contribution >= 0.6 is 11.3 Å². The number of aliphatic hydroxyl groups is 1. The lowest BCUT2D eigenvalue weighted by Gasteiger charge is -2.26. The van der Waals surface area contributed by atoms with Gasteiger partial charge in [0.05, 0.1) is 23.8 Å². The van der Waals surface area contributed by atoms with Crippen LogP contribution in [0.15, 0.2) is 23.1 Å². The minimum absolute atomic E-state index is 0.118. The number of nitrogens with zero attached hydrogens (tertiary/aromatic N) is 1. The summed E-state index contributed by atoms with van der Waals surface area (Å²) in [6.45, 7) is 2.87. The van der Waals surface area contributed by atoms with E-state index in [-0.39, 0.29) is 10.9 Å². The van der Waals surface area contributed by atoms with Gasteiger partial charge in [0.25, 0.3) is 0 Å². The van der Waals surface area contributed by atoms with Gasteiger partial charge >= 0.3 is 0 Å². The van der Waals surface area contributed by atoms with Crippen molar-refractivity contribution in [3.8, 4) is 16.2 Å². The second-order valence-electron chi connectivity index (χ2n) is 9.66. The third kappa shape index (κ3) is 6.30. The maximum Gasteiger partial charge on any atom is 0.244 e. The van der Waals surface area contributed by atoms with Crippen LogP contribution in [0.3, 0.4) is 0 Å². The Labute approximate surface area is 207 Å². The summed E-state index contributed by atoms with van der Waals surface area (Å²) in [7, 11) is -2.33. The molecule has 2 atom stereocenters. The molecule has 9 heteroatoms. The molecular weight excluding hydrogens is 470 g/mol. The van der Waals surface area contributed by atoms with Gasteiger partial charge in [0.15, 0.2) is 5.13 Å². The van der Waals surface area contributed by atoms with E-state index in [9.17, 15) is 13.5 Å². The molecule has 0 radical (unpaired) electrons. The van der Waals surface area contributed by atoms with Crippen molar-refractivity contribution in [2.45, 2.75) is 88.2 Å². The molecule has 0 bridgehead atoms. The molecule has 0 saturated heterocycles. The van der Waals surface area contributed by atoms with Gasteiger partial charge in [0, 0.05) is 12.6 Å². The number of thiazole rings is 1. The van der Waals surface area contributed by atoms with Crippen molar-refractivity contribution < 1.29 is 18.3 Å². The van der Waals surface area contributed by atoms with Crippen molar-refractivity contribution >= 4 is 26.5 Å². The molecule has 2 saturated carbocycles. The number of methoxy groups -OCH3 is 1. The number of aliphatic hydroxyl groups excluding tert-OH is 1. The van der Waals surface area contributed by atoms with Gasteiger partial charge in [-0.1, -0.05) is 43.4 Å². The molecule has 0 aliphatic heterocycles. The highest BCUT2D eigenvalue weighted by atomic mass is 32.2. The molecule has 3 N–H and O–H groups in total. The number of aromatic nitrogens is 1. The highest BCUT2D eigenvalue weighted by Crippen LogP contribution is 2.37. The van der Waals surface area contributed by atoms with Crippen LogP contribution in [0.25, 0.3) is 10.4 Å². The number of aryl methyl sites for hydroxylation is 1. The number of ether oxygens (including phenoxy) is 1. The maximum atomic E-state index is 13.3. The summed E-state index contributed by atoms with van der Waals surface area (Å²) in [5, 5.41) is 14.3. The van der Waals surface area contributed by atoms with Crippen LogP contribution in [0.4, 0.5) is 5.13 Å². The molecule has 4 rings (SSSR count). The largest absolute Gasteiger partial charge is 0.495 e. The number of anilines is 1. The fourth-order valence-corrected chi connectivity index (χ4v) is 7.65. The Kier molecular flexibility index (Phi) is 8.50. The van der Waals surface area contributed by atoms with E-state index >= 15 is 0 Å². The minimum atomic E-state index is -3.81. The van der Waals surface area contributed by atoms with Gasteiger partial charge in [-0.15, -0.1) is 0 Å². The van der Waals surface area contributed by atoms with Crippen molar-refractivity contribution in [1.29, 1.82) is 0 Å². The first-order chi connectivity index (χ1) is 16.4. The highest BCUT2D eigenvalue weighted by molar-refractivity contribution is 7.89. The zero-order chi connectivity index (χ0) is 24.1. The summed E-state index contributed by atoms with van der Waals surface area (Å²) in [5.41, 5.74) is 1.68. The molecule has 0 amide bonds. The van der Waals surface area contributed by atoms with Gasteiger partial charge < -0.3 is 15.2 Å². The summed E-state index contributed by atoms with van der Waals surface area (Å²) in [6.07, 6.45) is 10.1. The first-order valence-corrected chi connectivity index (χ1v) is 14.8. The molecule has 34 heavy (non-hydrogen) atoms. The van der Waals surface area contributed by atoms with Crippen LogP contribution in [-0.2, 0) is 10.0 Å². The standard InChI is InChI=1S/C25H37N3O4S2/c1-17-24(33-25(27-17)26-14-13-18-7-4-3-5-8-18)19-11-12-22(32-2)23(15-19)34(30,31)28-20-9-6-10-21(29)16-20/h11-12,15,18,20-21,28-29H,3-10,13-14,16H2,1-2H3,(H,26,27). The van der Waals surface area contributed by atoms with Crippen LogP contribution in [0.1, 0.15) is 69.9 Å².